The summed E-state index contributed by atoms with van der Waals surface area (Å²) in [7, 11) is 4.44. The number of hydrazine groups is 1. The summed E-state index contributed by atoms with van der Waals surface area (Å²) in [5.74, 6) is 1.54. The van der Waals surface area contributed by atoms with Gasteiger partial charge in [0.25, 0.3) is 11.8 Å². The van der Waals surface area contributed by atoms with Crippen molar-refractivity contribution in [3.8, 4) is 17.2 Å². The third-order valence-electron chi connectivity index (χ3n) is 4.55. The Morgan fingerprint density at radius 3 is 2.04 bits per heavy atom. The summed E-state index contributed by atoms with van der Waals surface area (Å²) in [6, 6.07) is 3.05. The maximum atomic E-state index is 12.4. The fraction of sp³-hybridized carbons (Fsp3) is 0.579. The van der Waals surface area contributed by atoms with E-state index in [9.17, 15) is 9.59 Å². The predicted octanol–water partition coefficient (Wildman–Crippen LogP) is 1.45. The van der Waals surface area contributed by atoms with E-state index in [-0.39, 0.29) is 18.0 Å². The molecule has 2 atom stereocenters. The van der Waals surface area contributed by atoms with E-state index in [0.717, 1.165) is 13.1 Å². The molecule has 1 fully saturated rings. The van der Waals surface area contributed by atoms with Gasteiger partial charge in [-0.1, -0.05) is 13.8 Å². The number of nitrogens with one attached hydrogen (secondary N) is 2. The molecule has 8 heteroatoms. The van der Waals surface area contributed by atoms with Crippen molar-refractivity contribution in [2.24, 2.45) is 11.8 Å². The molecule has 1 heterocycles. The Balaban J connectivity index is 1.96. The van der Waals surface area contributed by atoms with Crippen LogP contribution in [0.1, 0.15) is 30.6 Å². The van der Waals surface area contributed by atoms with Crippen molar-refractivity contribution < 1.29 is 23.8 Å². The molecule has 150 valence electrons. The van der Waals surface area contributed by atoms with Gasteiger partial charge in [0.05, 0.1) is 27.9 Å². The Hall–Kier alpha value is -2.48. The van der Waals surface area contributed by atoms with Gasteiger partial charge in [0, 0.05) is 18.7 Å². The molecule has 1 saturated heterocycles. The van der Waals surface area contributed by atoms with Crippen molar-refractivity contribution in [1.29, 1.82) is 0 Å². The van der Waals surface area contributed by atoms with Crippen LogP contribution >= 0.6 is 0 Å². The molecule has 0 saturated carbocycles. The Bertz CT molecular complexity index is 644. The lowest BCUT2D eigenvalue weighted by Gasteiger charge is -2.34. The molecule has 1 aliphatic heterocycles. The Morgan fingerprint density at radius 2 is 1.56 bits per heavy atom. The van der Waals surface area contributed by atoms with E-state index < -0.39 is 5.91 Å². The van der Waals surface area contributed by atoms with Crippen LogP contribution in [0.4, 0.5) is 0 Å². The maximum Gasteiger partial charge on any atom is 0.269 e. The first kappa shape index (κ1) is 20.8. The standard InChI is InChI=1S/C19H29N3O5/c1-12-6-13(2)10-22(9-12)11-17(23)20-21-19(24)14-7-15(25-3)18(27-5)16(8-14)26-4/h7-8,12-13H,6,9-11H2,1-5H3,(H,20,23)(H,21,24)/t12-,13-/m0/s1. The molecule has 27 heavy (non-hydrogen) atoms. The lowest BCUT2D eigenvalue weighted by Crippen LogP contribution is -2.49. The van der Waals surface area contributed by atoms with E-state index in [1.54, 1.807) is 0 Å². The first-order valence-electron chi connectivity index (χ1n) is 8.99. The molecule has 2 N–H and O–H groups in total. The number of likely N-dealkylation sites (tertiary alicyclic amines) is 1. The van der Waals surface area contributed by atoms with Gasteiger partial charge in [0.2, 0.25) is 5.75 Å². The van der Waals surface area contributed by atoms with Crippen LogP contribution in [0.2, 0.25) is 0 Å². The smallest absolute Gasteiger partial charge is 0.269 e. The number of ether oxygens (including phenoxy) is 3. The third kappa shape index (κ3) is 5.50. The van der Waals surface area contributed by atoms with Gasteiger partial charge in [0.15, 0.2) is 11.5 Å². The fourth-order valence-electron chi connectivity index (χ4n) is 3.57. The molecule has 1 aromatic carbocycles. The second kappa shape index (κ2) is 9.45. The van der Waals surface area contributed by atoms with Crippen LogP contribution in [0.5, 0.6) is 17.2 Å². The summed E-state index contributed by atoms with van der Waals surface area (Å²) in [6.07, 6.45) is 1.18. The molecule has 0 aliphatic carbocycles. The van der Waals surface area contributed by atoms with Crippen LogP contribution in [0.25, 0.3) is 0 Å². The highest BCUT2D eigenvalue weighted by Gasteiger charge is 2.23. The van der Waals surface area contributed by atoms with Crippen molar-refractivity contribution in [3.63, 3.8) is 0 Å². The number of amides is 2. The number of hydrogen-bond donors (Lipinski definition) is 2. The molecular weight excluding hydrogens is 350 g/mol. The van der Waals surface area contributed by atoms with Gasteiger partial charge < -0.3 is 14.2 Å². The van der Waals surface area contributed by atoms with Crippen molar-refractivity contribution in [2.45, 2.75) is 20.3 Å². The number of benzene rings is 1. The third-order valence-corrected chi connectivity index (χ3v) is 4.55. The van der Waals surface area contributed by atoms with Crippen LogP contribution in [0.15, 0.2) is 12.1 Å². The van der Waals surface area contributed by atoms with Gasteiger partial charge in [-0.05, 0) is 30.4 Å². The molecule has 0 radical (unpaired) electrons. The van der Waals surface area contributed by atoms with Crippen LogP contribution in [-0.2, 0) is 4.79 Å². The lowest BCUT2D eigenvalue weighted by molar-refractivity contribution is -0.123. The summed E-state index contributed by atoms with van der Waals surface area (Å²) in [6.45, 7) is 6.40. The van der Waals surface area contributed by atoms with Crippen molar-refractivity contribution in [3.05, 3.63) is 17.7 Å². The Kier molecular flexibility index (Phi) is 7.29. The minimum Gasteiger partial charge on any atom is -0.493 e. The zero-order valence-electron chi connectivity index (χ0n) is 16.6. The Morgan fingerprint density at radius 1 is 1.00 bits per heavy atom. The summed E-state index contributed by atoms with van der Waals surface area (Å²) >= 11 is 0. The molecule has 0 spiro atoms. The summed E-state index contributed by atoms with van der Waals surface area (Å²) < 4.78 is 15.7. The van der Waals surface area contributed by atoms with Crippen LogP contribution < -0.4 is 25.1 Å². The largest absolute Gasteiger partial charge is 0.493 e. The summed E-state index contributed by atoms with van der Waals surface area (Å²) in [5.41, 5.74) is 5.18. The van der Waals surface area contributed by atoms with Crippen LogP contribution in [0, 0.1) is 11.8 Å². The van der Waals surface area contributed by atoms with Crippen molar-refractivity contribution in [1.82, 2.24) is 15.8 Å². The van der Waals surface area contributed by atoms with Crippen LogP contribution in [0.3, 0.4) is 0 Å². The molecule has 2 rings (SSSR count). The zero-order chi connectivity index (χ0) is 20.0. The first-order valence-corrected chi connectivity index (χ1v) is 8.99. The SMILES string of the molecule is COc1cc(C(=O)NNC(=O)CN2C[C@@H](C)C[C@H](C)C2)cc(OC)c1OC. The normalized spacial score (nSPS) is 19.9. The molecular formula is C19H29N3O5. The van der Waals surface area contributed by atoms with Gasteiger partial charge >= 0.3 is 0 Å². The second-order valence-electron chi connectivity index (χ2n) is 7.06. The molecule has 1 aliphatic rings. The Labute approximate surface area is 160 Å². The minimum atomic E-state index is -0.469. The average Bonchev–Trinajstić information content (AvgIpc) is 2.63. The van der Waals surface area contributed by atoms with E-state index in [2.05, 4.69) is 29.6 Å². The molecule has 0 aromatic heterocycles. The molecule has 0 unspecified atom stereocenters. The van der Waals surface area contributed by atoms with Crippen molar-refractivity contribution >= 4 is 11.8 Å². The number of nitrogens with zero attached hydrogens (tertiary/aromatic N) is 1. The van der Waals surface area contributed by atoms with Gasteiger partial charge in [-0.25, -0.2) is 0 Å². The molecule has 8 nitrogen and oxygen atoms in total. The van der Waals surface area contributed by atoms with E-state index >= 15 is 0 Å². The number of hydrogen-bond acceptors (Lipinski definition) is 6. The highest BCUT2D eigenvalue weighted by Crippen LogP contribution is 2.38. The quantitative estimate of drug-likeness (QED) is 0.728. The first-order chi connectivity index (χ1) is 12.9. The number of piperidine rings is 1. The number of carbonyl (C=O) groups is 2. The number of carbonyl (C=O) groups excluding carboxylic acids is 2. The van der Waals surface area contributed by atoms with E-state index in [1.165, 1.54) is 39.9 Å². The van der Waals surface area contributed by atoms with Crippen LogP contribution in [-0.4, -0.2) is 57.7 Å². The second-order valence-corrected chi connectivity index (χ2v) is 7.06. The fourth-order valence-corrected chi connectivity index (χ4v) is 3.57. The zero-order valence-corrected chi connectivity index (χ0v) is 16.6. The van der Waals surface area contributed by atoms with E-state index in [1.807, 2.05) is 0 Å². The number of methoxy groups -OCH3 is 3. The van der Waals surface area contributed by atoms with Gasteiger partial charge in [-0.3, -0.25) is 25.3 Å². The van der Waals surface area contributed by atoms with E-state index in [4.69, 9.17) is 14.2 Å². The average molecular weight is 379 g/mol. The summed E-state index contributed by atoms with van der Waals surface area (Å²) in [5, 5.41) is 0. The topological polar surface area (TPSA) is 89.1 Å². The lowest BCUT2D eigenvalue weighted by atomic mass is 9.92. The highest BCUT2D eigenvalue weighted by atomic mass is 16.5. The van der Waals surface area contributed by atoms with E-state index in [0.29, 0.717) is 29.1 Å². The van der Waals surface area contributed by atoms with Gasteiger partial charge in [-0.15, -0.1) is 0 Å². The monoisotopic (exact) mass is 379 g/mol. The molecule has 0 bridgehead atoms. The maximum absolute atomic E-state index is 12.4. The molecule has 1 aromatic rings. The highest BCUT2D eigenvalue weighted by molar-refractivity contribution is 5.96. The van der Waals surface area contributed by atoms with Gasteiger partial charge in [0.1, 0.15) is 0 Å². The van der Waals surface area contributed by atoms with Gasteiger partial charge in [-0.2, -0.15) is 0 Å². The summed E-state index contributed by atoms with van der Waals surface area (Å²) in [4.78, 5) is 26.7. The predicted molar refractivity (Wildman–Crippen MR) is 101 cm³/mol. The van der Waals surface area contributed by atoms with Crippen molar-refractivity contribution in [2.75, 3.05) is 41.0 Å². The number of rotatable bonds is 6. The minimum absolute atomic E-state index is 0.253. The molecule has 2 amide bonds.